The van der Waals surface area contributed by atoms with Crippen molar-refractivity contribution in [3.8, 4) is 0 Å². The summed E-state index contributed by atoms with van der Waals surface area (Å²) in [6.45, 7) is 0. The largest absolute Gasteiger partial charge is 0.416 e. The predicted molar refractivity (Wildman–Crippen MR) is 69.8 cm³/mol. The van der Waals surface area contributed by atoms with Gasteiger partial charge in [-0.3, -0.25) is 0 Å². The van der Waals surface area contributed by atoms with Gasteiger partial charge in [-0.15, -0.1) is 11.3 Å². The lowest BCUT2D eigenvalue weighted by Gasteiger charge is -2.26. The van der Waals surface area contributed by atoms with Crippen molar-refractivity contribution in [2.24, 2.45) is 0 Å². The Kier molecular flexibility index (Phi) is 3.55. The van der Waals surface area contributed by atoms with E-state index < -0.39 is 8.56 Å². The zero-order chi connectivity index (χ0) is 11.4. The Hall–Kier alpha value is -0.943. The van der Waals surface area contributed by atoms with Crippen molar-refractivity contribution in [2.75, 3.05) is 14.2 Å². The van der Waals surface area contributed by atoms with Crippen molar-refractivity contribution < 1.29 is 8.85 Å². The molecule has 0 N–H and O–H groups in total. The maximum absolute atomic E-state index is 5.74. The zero-order valence-electron chi connectivity index (χ0n) is 9.34. The molecule has 0 amide bonds. The van der Waals surface area contributed by atoms with Gasteiger partial charge in [0.2, 0.25) is 0 Å². The van der Waals surface area contributed by atoms with Gasteiger partial charge < -0.3 is 8.85 Å². The van der Waals surface area contributed by atoms with Crippen molar-refractivity contribution in [3.63, 3.8) is 0 Å². The van der Waals surface area contributed by atoms with E-state index in [-0.39, 0.29) is 0 Å². The van der Waals surface area contributed by atoms with Gasteiger partial charge in [-0.05, 0) is 16.6 Å². The third kappa shape index (κ3) is 1.85. The molecule has 0 aliphatic heterocycles. The highest BCUT2D eigenvalue weighted by Gasteiger charge is 2.41. The molecular weight excluding hydrogens is 236 g/mol. The molecule has 0 atom stereocenters. The molecule has 2 aromatic rings. The van der Waals surface area contributed by atoms with Crippen LogP contribution >= 0.6 is 11.3 Å². The lowest BCUT2D eigenvalue weighted by Crippen LogP contribution is -2.61. The van der Waals surface area contributed by atoms with Crippen LogP contribution in [0.4, 0.5) is 0 Å². The summed E-state index contributed by atoms with van der Waals surface area (Å²) in [7, 11) is 1.02. The van der Waals surface area contributed by atoms with E-state index in [9.17, 15) is 0 Å². The number of hydrogen-bond acceptors (Lipinski definition) is 3. The van der Waals surface area contributed by atoms with Gasteiger partial charge in [0.25, 0.3) is 0 Å². The summed E-state index contributed by atoms with van der Waals surface area (Å²) in [5.41, 5.74) is 0. The molecular formula is C12H14O2SSi. The minimum atomic E-state index is -2.42. The summed E-state index contributed by atoms with van der Waals surface area (Å²) in [4.78, 5) is 0. The molecule has 0 bridgehead atoms. The second-order valence-electron chi connectivity index (χ2n) is 3.37. The third-order valence-corrected chi connectivity index (χ3v) is 7.48. The smallest absolute Gasteiger partial charge is 0.391 e. The SMILES string of the molecule is CO[Si](OC)(c1ccccc1)c1cccs1. The van der Waals surface area contributed by atoms with E-state index in [1.165, 1.54) is 4.50 Å². The van der Waals surface area contributed by atoms with Crippen LogP contribution in [-0.4, -0.2) is 22.8 Å². The van der Waals surface area contributed by atoms with E-state index >= 15 is 0 Å². The summed E-state index contributed by atoms with van der Waals surface area (Å²) < 4.78 is 12.7. The molecule has 4 heteroatoms. The Bertz CT molecular complexity index is 424. The molecule has 0 saturated carbocycles. The first-order valence-electron chi connectivity index (χ1n) is 5.03. The summed E-state index contributed by atoms with van der Waals surface area (Å²) in [5.74, 6) is 0. The second-order valence-corrected chi connectivity index (χ2v) is 7.84. The highest BCUT2D eigenvalue weighted by Crippen LogP contribution is 2.10. The van der Waals surface area contributed by atoms with E-state index in [1.54, 1.807) is 25.6 Å². The van der Waals surface area contributed by atoms with Crippen molar-refractivity contribution in [1.29, 1.82) is 0 Å². The van der Waals surface area contributed by atoms with Gasteiger partial charge in [0.15, 0.2) is 0 Å². The highest BCUT2D eigenvalue weighted by atomic mass is 32.1. The van der Waals surface area contributed by atoms with Gasteiger partial charge in [-0.1, -0.05) is 36.4 Å². The minimum Gasteiger partial charge on any atom is -0.391 e. The molecule has 0 radical (unpaired) electrons. The fraction of sp³-hybridized carbons (Fsp3) is 0.167. The molecule has 2 nitrogen and oxygen atoms in total. The van der Waals surface area contributed by atoms with Crippen LogP contribution in [0.5, 0.6) is 0 Å². The van der Waals surface area contributed by atoms with Crippen LogP contribution in [-0.2, 0) is 8.85 Å². The highest BCUT2D eigenvalue weighted by molar-refractivity contribution is 7.25. The van der Waals surface area contributed by atoms with Gasteiger partial charge in [0.05, 0.1) is 4.50 Å². The monoisotopic (exact) mass is 250 g/mol. The summed E-state index contributed by atoms with van der Waals surface area (Å²) in [6, 6.07) is 14.3. The van der Waals surface area contributed by atoms with Gasteiger partial charge in [0, 0.05) is 14.2 Å². The average Bonchev–Trinajstić information content (AvgIpc) is 2.87. The van der Waals surface area contributed by atoms with Crippen molar-refractivity contribution >= 4 is 29.6 Å². The molecule has 1 aromatic carbocycles. The third-order valence-electron chi connectivity index (χ3n) is 2.57. The van der Waals surface area contributed by atoms with Gasteiger partial charge in [-0.25, -0.2) is 0 Å². The number of hydrogen-bond donors (Lipinski definition) is 0. The second kappa shape index (κ2) is 4.93. The van der Waals surface area contributed by atoms with Crippen LogP contribution in [0.1, 0.15) is 0 Å². The molecule has 16 heavy (non-hydrogen) atoms. The lowest BCUT2D eigenvalue weighted by molar-refractivity contribution is 0.273. The topological polar surface area (TPSA) is 18.5 Å². The van der Waals surface area contributed by atoms with Gasteiger partial charge in [0.1, 0.15) is 0 Å². The average molecular weight is 250 g/mol. The van der Waals surface area contributed by atoms with Crippen LogP contribution in [0.2, 0.25) is 0 Å². The van der Waals surface area contributed by atoms with Gasteiger partial charge >= 0.3 is 8.56 Å². The predicted octanol–water partition coefficient (Wildman–Crippen LogP) is 1.60. The zero-order valence-corrected chi connectivity index (χ0v) is 11.2. The molecule has 1 aromatic heterocycles. The maximum atomic E-state index is 5.74. The Morgan fingerprint density at radius 1 is 0.938 bits per heavy atom. The molecule has 0 unspecified atom stereocenters. The van der Waals surface area contributed by atoms with Crippen LogP contribution in [0.3, 0.4) is 0 Å². The fourth-order valence-electron chi connectivity index (χ4n) is 1.79. The Morgan fingerprint density at radius 3 is 2.12 bits per heavy atom. The Balaban J connectivity index is 2.52. The van der Waals surface area contributed by atoms with Gasteiger partial charge in [-0.2, -0.15) is 0 Å². The number of thiophene rings is 1. The van der Waals surface area contributed by atoms with Crippen molar-refractivity contribution in [2.45, 2.75) is 0 Å². The number of rotatable bonds is 4. The first kappa shape index (κ1) is 11.5. The summed E-state index contributed by atoms with van der Waals surface area (Å²) in [6.07, 6.45) is 0. The molecule has 0 saturated heterocycles. The normalized spacial score (nSPS) is 11.6. The standard InChI is InChI=1S/C12H14O2SSi/c1-13-16(14-2,12-9-6-10-15-12)11-7-4-3-5-8-11/h3-10H,1-2H3. The van der Waals surface area contributed by atoms with E-state index in [0.717, 1.165) is 5.19 Å². The quantitative estimate of drug-likeness (QED) is 0.767. The van der Waals surface area contributed by atoms with E-state index in [0.29, 0.717) is 0 Å². The molecule has 0 aliphatic carbocycles. The first-order chi connectivity index (χ1) is 7.83. The van der Waals surface area contributed by atoms with E-state index in [4.69, 9.17) is 8.85 Å². The van der Waals surface area contributed by atoms with Crippen LogP contribution < -0.4 is 9.69 Å². The Morgan fingerprint density at radius 2 is 1.62 bits per heavy atom. The molecule has 0 spiro atoms. The minimum absolute atomic E-state index is 1.14. The van der Waals surface area contributed by atoms with Crippen molar-refractivity contribution in [3.05, 3.63) is 47.8 Å². The summed E-state index contributed by atoms with van der Waals surface area (Å²) in [5, 5.41) is 3.19. The Labute approximate surface area is 101 Å². The summed E-state index contributed by atoms with van der Waals surface area (Å²) >= 11 is 1.69. The van der Waals surface area contributed by atoms with Crippen molar-refractivity contribution in [1.82, 2.24) is 0 Å². The first-order valence-corrected chi connectivity index (χ1v) is 7.73. The fourth-order valence-corrected chi connectivity index (χ4v) is 6.20. The molecule has 1 heterocycles. The van der Waals surface area contributed by atoms with E-state index in [2.05, 4.69) is 23.6 Å². The maximum Gasteiger partial charge on any atom is 0.416 e. The molecule has 0 fully saturated rings. The van der Waals surface area contributed by atoms with Crippen LogP contribution in [0.25, 0.3) is 0 Å². The lowest BCUT2D eigenvalue weighted by atomic mass is 10.4. The van der Waals surface area contributed by atoms with E-state index in [1.807, 2.05) is 24.3 Å². The molecule has 0 aliphatic rings. The molecule has 2 rings (SSSR count). The number of benzene rings is 1. The molecule has 84 valence electrons. The van der Waals surface area contributed by atoms with Crippen LogP contribution in [0.15, 0.2) is 47.8 Å². The van der Waals surface area contributed by atoms with Crippen LogP contribution in [0, 0.1) is 0 Å².